The number of hydrogen-bond acceptors (Lipinski definition) is 3. The number of hydrogen-bond donors (Lipinski definition) is 3. The summed E-state index contributed by atoms with van der Waals surface area (Å²) in [5.74, 6) is -4.91. The van der Waals surface area contributed by atoms with Crippen molar-refractivity contribution in [1.29, 1.82) is 0 Å². The summed E-state index contributed by atoms with van der Waals surface area (Å²) in [7, 11) is 0. The van der Waals surface area contributed by atoms with Crippen LogP contribution in [0.2, 0.25) is 0 Å². The molecule has 0 radical (unpaired) electrons. The molecule has 1 heterocycles. The van der Waals surface area contributed by atoms with E-state index < -0.39 is 29.8 Å². The summed E-state index contributed by atoms with van der Waals surface area (Å²) in [6, 6.07) is 6.88. The third-order valence-corrected chi connectivity index (χ3v) is 5.72. The van der Waals surface area contributed by atoms with E-state index in [0.717, 1.165) is 31.5 Å². The molecule has 1 aliphatic carbocycles. The number of rotatable bonds is 5. The number of alkyl halides is 2. The van der Waals surface area contributed by atoms with Gasteiger partial charge >= 0.3 is 5.97 Å². The van der Waals surface area contributed by atoms with Crippen LogP contribution in [0.15, 0.2) is 24.3 Å². The van der Waals surface area contributed by atoms with E-state index in [-0.39, 0.29) is 18.4 Å². The van der Waals surface area contributed by atoms with E-state index in [1.165, 1.54) is 0 Å². The molecule has 1 aromatic carbocycles. The highest BCUT2D eigenvalue weighted by molar-refractivity contribution is 5.80. The summed E-state index contributed by atoms with van der Waals surface area (Å²) >= 11 is 0. The fraction of sp³-hybridized carbons (Fsp3) is 0.632. The number of carboxylic acids is 1. The standard InChI is InChI=1S/C19H25F2NO3/c20-18(21)8-5-15(12-18)19(25,17(23)24)16-4-2-1-3-14(16)11-13-6-9-22-10-7-13/h1-4,13,15,22,25H,5-12H2,(H,23,24)/t15-,19-/m1/s1. The summed E-state index contributed by atoms with van der Waals surface area (Å²) in [4.78, 5) is 12.0. The summed E-state index contributed by atoms with van der Waals surface area (Å²) in [6.45, 7) is 1.84. The van der Waals surface area contributed by atoms with E-state index in [0.29, 0.717) is 12.3 Å². The normalized spacial score (nSPS) is 26.3. The zero-order valence-electron chi connectivity index (χ0n) is 14.2. The number of aliphatic hydroxyl groups is 1. The van der Waals surface area contributed by atoms with Crippen LogP contribution in [0.4, 0.5) is 8.78 Å². The van der Waals surface area contributed by atoms with Crippen LogP contribution >= 0.6 is 0 Å². The van der Waals surface area contributed by atoms with Gasteiger partial charge in [0.15, 0.2) is 5.60 Å². The molecule has 1 aromatic rings. The van der Waals surface area contributed by atoms with Gasteiger partial charge in [0.2, 0.25) is 5.92 Å². The van der Waals surface area contributed by atoms with Gasteiger partial charge in [-0.2, -0.15) is 0 Å². The summed E-state index contributed by atoms with van der Waals surface area (Å²) < 4.78 is 27.3. The van der Waals surface area contributed by atoms with Crippen molar-refractivity contribution in [3.63, 3.8) is 0 Å². The van der Waals surface area contributed by atoms with Crippen LogP contribution in [0.1, 0.15) is 43.2 Å². The lowest BCUT2D eigenvalue weighted by molar-refractivity contribution is -0.167. The van der Waals surface area contributed by atoms with Crippen molar-refractivity contribution < 1.29 is 23.8 Å². The van der Waals surface area contributed by atoms with Crippen LogP contribution in [0.3, 0.4) is 0 Å². The van der Waals surface area contributed by atoms with Crippen LogP contribution < -0.4 is 5.32 Å². The first-order valence-corrected chi connectivity index (χ1v) is 8.95. The molecule has 1 saturated carbocycles. The van der Waals surface area contributed by atoms with Gasteiger partial charge in [-0.1, -0.05) is 24.3 Å². The van der Waals surface area contributed by atoms with Crippen LogP contribution in [0.5, 0.6) is 0 Å². The van der Waals surface area contributed by atoms with Gasteiger partial charge in [-0.3, -0.25) is 0 Å². The Labute approximate surface area is 146 Å². The minimum absolute atomic E-state index is 0.0114. The van der Waals surface area contributed by atoms with E-state index in [4.69, 9.17) is 0 Å². The number of benzene rings is 1. The molecule has 25 heavy (non-hydrogen) atoms. The number of carbonyl (C=O) groups is 1. The SMILES string of the molecule is O=C(O)[C@](O)(c1ccccc1CC1CCNCC1)[C@@H]1CCC(F)(F)C1. The first-order chi connectivity index (χ1) is 11.8. The van der Waals surface area contributed by atoms with Gasteiger partial charge in [-0.15, -0.1) is 0 Å². The quantitative estimate of drug-likeness (QED) is 0.761. The van der Waals surface area contributed by atoms with Crippen LogP contribution in [-0.4, -0.2) is 35.2 Å². The number of halogens is 2. The van der Waals surface area contributed by atoms with Crippen molar-refractivity contribution in [2.75, 3.05) is 13.1 Å². The number of carboxylic acid groups (broad SMARTS) is 1. The average molecular weight is 353 g/mol. The predicted molar refractivity (Wildman–Crippen MR) is 89.6 cm³/mol. The molecule has 3 N–H and O–H groups in total. The van der Waals surface area contributed by atoms with Gasteiger partial charge in [-0.05, 0) is 55.8 Å². The van der Waals surface area contributed by atoms with Crippen molar-refractivity contribution in [3.05, 3.63) is 35.4 Å². The molecule has 2 fully saturated rings. The molecule has 0 spiro atoms. The Kier molecular flexibility index (Phi) is 5.11. The Balaban J connectivity index is 1.92. The molecule has 2 aliphatic rings. The van der Waals surface area contributed by atoms with Crippen LogP contribution in [-0.2, 0) is 16.8 Å². The van der Waals surface area contributed by atoms with Crippen molar-refractivity contribution in [2.45, 2.75) is 50.0 Å². The molecule has 0 amide bonds. The largest absolute Gasteiger partial charge is 0.479 e. The van der Waals surface area contributed by atoms with Gasteiger partial charge < -0.3 is 15.5 Å². The highest BCUT2D eigenvalue weighted by atomic mass is 19.3. The second-order valence-corrected chi connectivity index (χ2v) is 7.42. The van der Waals surface area contributed by atoms with Crippen molar-refractivity contribution in [3.8, 4) is 0 Å². The first kappa shape index (κ1) is 18.3. The molecule has 4 nitrogen and oxygen atoms in total. The molecule has 0 bridgehead atoms. The molecule has 2 atom stereocenters. The lowest BCUT2D eigenvalue weighted by Gasteiger charge is -2.33. The first-order valence-electron chi connectivity index (χ1n) is 8.95. The minimum atomic E-state index is -2.90. The van der Waals surface area contributed by atoms with Crippen LogP contribution in [0.25, 0.3) is 0 Å². The van der Waals surface area contributed by atoms with E-state index in [1.807, 2.05) is 12.1 Å². The van der Waals surface area contributed by atoms with Crippen molar-refractivity contribution in [2.24, 2.45) is 11.8 Å². The Morgan fingerprint density at radius 2 is 1.92 bits per heavy atom. The second-order valence-electron chi connectivity index (χ2n) is 7.42. The van der Waals surface area contributed by atoms with Crippen molar-refractivity contribution >= 4 is 5.97 Å². The minimum Gasteiger partial charge on any atom is -0.479 e. The summed E-state index contributed by atoms with van der Waals surface area (Å²) in [6.07, 6.45) is 1.69. The summed E-state index contributed by atoms with van der Waals surface area (Å²) in [5.41, 5.74) is -1.22. The topological polar surface area (TPSA) is 69.6 Å². The zero-order valence-corrected chi connectivity index (χ0v) is 14.2. The fourth-order valence-electron chi connectivity index (χ4n) is 4.28. The Hall–Kier alpha value is -1.53. The number of aliphatic carboxylic acids is 1. The molecule has 0 unspecified atom stereocenters. The smallest absolute Gasteiger partial charge is 0.340 e. The van der Waals surface area contributed by atoms with Gasteiger partial charge in [0.1, 0.15) is 0 Å². The average Bonchev–Trinajstić information content (AvgIpc) is 2.96. The van der Waals surface area contributed by atoms with Gasteiger partial charge in [0.25, 0.3) is 0 Å². The number of nitrogens with one attached hydrogen (secondary N) is 1. The Bertz CT molecular complexity index is 631. The van der Waals surface area contributed by atoms with Gasteiger partial charge in [0, 0.05) is 18.8 Å². The fourth-order valence-corrected chi connectivity index (χ4v) is 4.28. The molecule has 0 aromatic heterocycles. The Morgan fingerprint density at radius 1 is 1.24 bits per heavy atom. The van der Waals surface area contributed by atoms with Gasteiger partial charge in [0.05, 0.1) is 0 Å². The Morgan fingerprint density at radius 3 is 2.52 bits per heavy atom. The molecule has 1 saturated heterocycles. The highest BCUT2D eigenvalue weighted by Crippen LogP contribution is 2.48. The molecular weight excluding hydrogens is 328 g/mol. The van der Waals surface area contributed by atoms with E-state index in [1.54, 1.807) is 12.1 Å². The molecule has 3 rings (SSSR count). The van der Waals surface area contributed by atoms with Crippen LogP contribution in [0, 0.1) is 11.8 Å². The van der Waals surface area contributed by atoms with Crippen molar-refractivity contribution in [1.82, 2.24) is 5.32 Å². The van der Waals surface area contributed by atoms with Gasteiger partial charge in [-0.25, -0.2) is 13.6 Å². The zero-order chi connectivity index (χ0) is 18.1. The monoisotopic (exact) mass is 353 g/mol. The lowest BCUT2D eigenvalue weighted by Crippen LogP contribution is -2.43. The highest BCUT2D eigenvalue weighted by Gasteiger charge is 2.54. The molecule has 1 aliphatic heterocycles. The van der Waals surface area contributed by atoms with E-state index in [2.05, 4.69) is 5.32 Å². The maximum absolute atomic E-state index is 13.7. The third kappa shape index (κ3) is 3.70. The predicted octanol–water partition coefficient (Wildman–Crippen LogP) is 2.94. The van der Waals surface area contributed by atoms with E-state index >= 15 is 0 Å². The third-order valence-electron chi connectivity index (χ3n) is 5.72. The number of piperidine rings is 1. The maximum Gasteiger partial charge on any atom is 0.340 e. The second kappa shape index (κ2) is 7.00. The molecule has 138 valence electrons. The maximum atomic E-state index is 13.7. The molecule has 6 heteroatoms. The van der Waals surface area contributed by atoms with E-state index in [9.17, 15) is 23.8 Å². The lowest BCUT2D eigenvalue weighted by atomic mass is 9.76. The summed E-state index contributed by atoms with van der Waals surface area (Å²) in [5, 5.41) is 24.1. The molecular formula is C19H25F2NO3.